The minimum atomic E-state index is -0.512. The SMILES string of the molecule is COCc1c(Br)c(C)n(CC(=O)NN=C2CCN(C)CC2)c(=O)c1C#N. The maximum absolute atomic E-state index is 12.6. The van der Waals surface area contributed by atoms with Crippen LogP contribution in [-0.4, -0.2) is 48.3 Å². The fourth-order valence-corrected chi connectivity index (χ4v) is 3.28. The number of amides is 1. The molecule has 0 aliphatic carbocycles. The summed E-state index contributed by atoms with van der Waals surface area (Å²) in [6.07, 6.45) is 1.62. The summed E-state index contributed by atoms with van der Waals surface area (Å²) in [5.74, 6) is -0.406. The van der Waals surface area contributed by atoms with E-state index < -0.39 is 11.5 Å². The molecule has 1 N–H and O–H groups in total. The van der Waals surface area contributed by atoms with Gasteiger partial charge in [-0.15, -0.1) is 0 Å². The van der Waals surface area contributed by atoms with E-state index in [-0.39, 0.29) is 18.7 Å². The van der Waals surface area contributed by atoms with Gasteiger partial charge in [-0.3, -0.25) is 9.59 Å². The summed E-state index contributed by atoms with van der Waals surface area (Å²) < 4.78 is 6.92. The fourth-order valence-electron chi connectivity index (χ4n) is 2.76. The molecule has 1 aromatic rings. The van der Waals surface area contributed by atoms with E-state index in [9.17, 15) is 14.9 Å². The van der Waals surface area contributed by atoms with E-state index in [1.165, 1.54) is 11.7 Å². The van der Waals surface area contributed by atoms with Crippen molar-refractivity contribution in [2.45, 2.75) is 32.9 Å². The van der Waals surface area contributed by atoms with Crippen molar-refractivity contribution in [3.63, 3.8) is 0 Å². The van der Waals surface area contributed by atoms with Gasteiger partial charge in [-0.2, -0.15) is 10.4 Å². The Morgan fingerprint density at radius 3 is 2.65 bits per heavy atom. The van der Waals surface area contributed by atoms with Gasteiger partial charge in [-0.05, 0) is 29.9 Å². The summed E-state index contributed by atoms with van der Waals surface area (Å²) in [6.45, 7) is 3.46. The van der Waals surface area contributed by atoms with Gasteiger partial charge in [0.15, 0.2) is 0 Å². The fraction of sp³-hybridized carbons (Fsp3) is 0.529. The van der Waals surface area contributed by atoms with Crippen molar-refractivity contribution in [1.82, 2.24) is 14.9 Å². The van der Waals surface area contributed by atoms with Crippen LogP contribution < -0.4 is 11.0 Å². The number of hydrogen-bond acceptors (Lipinski definition) is 6. The van der Waals surface area contributed by atoms with Crippen molar-refractivity contribution < 1.29 is 9.53 Å². The van der Waals surface area contributed by atoms with Crippen molar-refractivity contribution in [3.05, 3.63) is 31.6 Å². The first-order valence-corrected chi connectivity index (χ1v) is 9.02. The van der Waals surface area contributed by atoms with Gasteiger partial charge in [0.2, 0.25) is 0 Å². The number of ether oxygens (including phenoxy) is 1. The molecule has 0 spiro atoms. The van der Waals surface area contributed by atoms with E-state index in [1.54, 1.807) is 6.92 Å². The molecule has 9 heteroatoms. The number of methoxy groups -OCH3 is 1. The average Bonchev–Trinajstić information content (AvgIpc) is 2.63. The van der Waals surface area contributed by atoms with Crippen LogP contribution in [0.1, 0.15) is 29.7 Å². The van der Waals surface area contributed by atoms with Crippen molar-refractivity contribution in [2.24, 2.45) is 5.10 Å². The molecule has 26 heavy (non-hydrogen) atoms. The van der Waals surface area contributed by atoms with Gasteiger partial charge in [0.25, 0.3) is 11.5 Å². The number of pyridine rings is 1. The number of nitriles is 1. The molecule has 0 radical (unpaired) electrons. The zero-order valence-corrected chi connectivity index (χ0v) is 16.7. The smallest absolute Gasteiger partial charge is 0.269 e. The van der Waals surface area contributed by atoms with E-state index in [0.717, 1.165) is 31.6 Å². The van der Waals surface area contributed by atoms with Crippen LogP contribution in [0.25, 0.3) is 0 Å². The van der Waals surface area contributed by atoms with Gasteiger partial charge in [-0.25, -0.2) is 5.43 Å². The number of hydrazone groups is 1. The quantitative estimate of drug-likeness (QED) is 0.715. The number of likely N-dealkylation sites (tertiary alicyclic amines) is 1. The average molecular weight is 424 g/mol. The number of carbonyl (C=O) groups is 1. The number of hydrogen-bond donors (Lipinski definition) is 1. The molecule has 0 atom stereocenters. The summed E-state index contributed by atoms with van der Waals surface area (Å²) in [5.41, 5.74) is 3.96. The van der Waals surface area contributed by atoms with Crippen LogP contribution in [0.3, 0.4) is 0 Å². The molecule has 0 saturated carbocycles. The minimum absolute atomic E-state index is 0.0289. The zero-order valence-electron chi connectivity index (χ0n) is 15.1. The molecule has 0 aromatic carbocycles. The third-order valence-corrected chi connectivity index (χ3v) is 5.41. The third-order valence-electron chi connectivity index (χ3n) is 4.35. The molecular formula is C17H22BrN5O3. The second-order valence-corrected chi connectivity index (χ2v) is 7.00. The largest absolute Gasteiger partial charge is 0.380 e. The van der Waals surface area contributed by atoms with Gasteiger partial charge >= 0.3 is 0 Å². The molecule has 8 nitrogen and oxygen atoms in total. The van der Waals surface area contributed by atoms with Crippen LogP contribution in [0.2, 0.25) is 0 Å². The lowest BCUT2D eigenvalue weighted by atomic mass is 10.1. The molecule has 0 bridgehead atoms. The Hall–Kier alpha value is -2.02. The van der Waals surface area contributed by atoms with E-state index in [4.69, 9.17) is 4.74 Å². The lowest BCUT2D eigenvalue weighted by molar-refractivity contribution is -0.121. The molecule has 140 valence electrons. The number of carbonyl (C=O) groups excluding carboxylic acids is 1. The van der Waals surface area contributed by atoms with Crippen LogP contribution >= 0.6 is 15.9 Å². The maximum Gasteiger partial charge on any atom is 0.269 e. The summed E-state index contributed by atoms with van der Waals surface area (Å²) in [4.78, 5) is 27.0. The predicted molar refractivity (Wildman–Crippen MR) is 101 cm³/mol. The van der Waals surface area contributed by atoms with Crippen molar-refractivity contribution in [2.75, 3.05) is 27.2 Å². The third kappa shape index (κ3) is 4.58. The first kappa shape index (κ1) is 20.3. The highest BCUT2D eigenvalue weighted by Crippen LogP contribution is 2.23. The van der Waals surface area contributed by atoms with Gasteiger partial charge in [-0.1, -0.05) is 0 Å². The summed E-state index contributed by atoms with van der Waals surface area (Å²) in [7, 11) is 3.53. The first-order chi connectivity index (χ1) is 12.4. The topological polar surface area (TPSA) is 99.7 Å². The second-order valence-electron chi connectivity index (χ2n) is 6.21. The van der Waals surface area contributed by atoms with Crippen LogP contribution in [0.15, 0.2) is 14.4 Å². The van der Waals surface area contributed by atoms with Crippen LogP contribution in [0, 0.1) is 18.3 Å². The summed E-state index contributed by atoms with van der Waals surface area (Å²) >= 11 is 3.40. The van der Waals surface area contributed by atoms with Crippen LogP contribution in [0.5, 0.6) is 0 Å². The number of piperidine rings is 1. The monoisotopic (exact) mass is 423 g/mol. The Balaban J connectivity index is 2.20. The van der Waals surface area contributed by atoms with Crippen molar-refractivity contribution in [3.8, 4) is 6.07 Å². The minimum Gasteiger partial charge on any atom is -0.380 e. The molecule has 2 rings (SSSR count). The number of aromatic nitrogens is 1. The lowest BCUT2D eigenvalue weighted by Crippen LogP contribution is -2.35. The Morgan fingerprint density at radius 1 is 1.42 bits per heavy atom. The van der Waals surface area contributed by atoms with E-state index in [2.05, 4.69) is 31.4 Å². The van der Waals surface area contributed by atoms with Gasteiger partial charge in [0, 0.05) is 54.5 Å². The molecule has 1 amide bonds. The Kier molecular flexibility index (Phi) is 7.08. The van der Waals surface area contributed by atoms with E-state index >= 15 is 0 Å². The van der Waals surface area contributed by atoms with Crippen molar-refractivity contribution >= 4 is 27.5 Å². The standard InChI is InChI=1S/C17H22BrN5O3/c1-11-16(18)14(10-26-3)13(8-19)17(25)23(11)9-15(24)21-20-12-4-6-22(2)7-5-12/h4-7,9-10H2,1-3H3,(H,21,24). The molecule has 1 fully saturated rings. The molecular weight excluding hydrogens is 402 g/mol. The molecule has 2 heterocycles. The Bertz CT molecular complexity index is 815. The van der Waals surface area contributed by atoms with E-state index in [1.807, 2.05) is 13.1 Å². The number of nitrogens with one attached hydrogen (secondary N) is 1. The van der Waals surface area contributed by atoms with E-state index in [0.29, 0.717) is 15.7 Å². The molecule has 1 aliphatic heterocycles. The Morgan fingerprint density at radius 2 is 2.08 bits per heavy atom. The van der Waals surface area contributed by atoms with Crippen molar-refractivity contribution in [1.29, 1.82) is 5.26 Å². The highest BCUT2D eigenvalue weighted by Gasteiger charge is 2.19. The summed E-state index contributed by atoms with van der Waals surface area (Å²) in [6, 6.07) is 1.91. The Labute approximate surface area is 160 Å². The predicted octanol–water partition coefficient (Wildman–Crippen LogP) is 1.14. The number of halogens is 1. The zero-order chi connectivity index (χ0) is 19.3. The number of rotatable bonds is 5. The van der Waals surface area contributed by atoms with Gasteiger partial charge in [0.1, 0.15) is 18.2 Å². The van der Waals surface area contributed by atoms with Crippen LogP contribution in [0.4, 0.5) is 0 Å². The number of nitrogens with zero attached hydrogens (tertiary/aromatic N) is 4. The highest BCUT2D eigenvalue weighted by atomic mass is 79.9. The molecule has 1 aliphatic rings. The second kappa shape index (κ2) is 9.07. The molecule has 1 aromatic heterocycles. The van der Waals surface area contributed by atoms with Crippen LogP contribution in [-0.2, 0) is 22.7 Å². The highest BCUT2D eigenvalue weighted by molar-refractivity contribution is 9.10. The summed E-state index contributed by atoms with van der Waals surface area (Å²) in [5, 5.41) is 13.5. The maximum atomic E-state index is 12.6. The van der Waals surface area contributed by atoms with Gasteiger partial charge < -0.3 is 14.2 Å². The lowest BCUT2D eigenvalue weighted by Gasteiger charge is -2.22. The molecule has 1 saturated heterocycles. The van der Waals surface area contributed by atoms with Gasteiger partial charge in [0.05, 0.1) is 6.61 Å². The normalized spacial score (nSPS) is 14.8. The molecule has 0 unspecified atom stereocenters. The first-order valence-electron chi connectivity index (χ1n) is 8.22.